The molecule has 2 atom stereocenters. The monoisotopic (exact) mass is 464 g/mol. The molecule has 3 fully saturated rings. The first kappa shape index (κ1) is 23.0. The lowest BCUT2D eigenvalue weighted by atomic mass is 9.70. The first-order valence-corrected chi connectivity index (χ1v) is 12.4. The second-order valence-corrected chi connectivity index (χ2v) is 10.6. The van der Waals surface area contributed by atoms with Crippen LogP contribution in [0.1, 0.15) is 50.3 Å². The maximum absolute atomic E-state index is 13.0. The maximum atomic E-state index is 13.0. The average Bonchev–Trinajstić information content (AvgIpc) is 2.85. The van der Waals surface area contributed by atoms with Crippen molar-refractivity contribution in [3.63, 3.8) is 0 Å². The fraction of sp³-hybridized carbons (Fsp3) is 0.536. The summed E-state index contributed by atoms with van der Waals surface area (Å²) in [5.74, 6) is 2.07. The molecule has 3 saturated heterocycles. The number of carbonyl (C=O) groups excluding carboxylic acids is 1. The molecule has 2 aromatic carbocycles. The summed E-state index contributed by atoms with van der Waals surface area (Å²) in [5, 5.41) is 3.25. The molecule has 6 heteroatoms. The zero-order valence-corrected chi connectivity index (χ0v) is 20.7. The first-order chi connectivity index (χ1) is 16.4. The van der Waals surface area contributed by atoms with Crippen molar-refractivity contribution < 1.29 is 19.0 Å². The van der Waals surface area contributed by atoms with Gasteiger partial charge < -0.3 is 19.5 Å². The molecule has 1 amide bonds. The Bertz CT molecular complexity index is 1040. The van der Waals surface area contributed by atoms with Crippen LogP contribution in [0.15, 0.2) is 36.4 Å². The molecular formula is C28H36N2O4. The van der Waals surface area contributed by atoms with Crippen molar-refractivity contribution in [2.24, 2.45) is 11.3 Å². The van der Waals surface area contributed by atoms with Gasteiger partial charge in [0.25, 0.3) is 0 Å². The van der Waals surface area contributed by atoms with Gasteiger partial charge in [-0.1, -0.05) is 38.1 Å². The van der Waals surface area contributed by atoms with E-state index in [2.05, 4.69) is 42.3 Å². The number of hydrogen-bond acceptors (Lipinski definition) is 5. The van der Waals surface area contributed by atoms with Crippen molar-refractivity contribution in [1.82, 2.24) is 10.2 Å². The lowest BCUT2D eigenvalue weighted by Crippen LogP contribution is -2.53. The van der Waals surface area contributed by atoms with Crippen LogP contribution >= 0.6 is 0 Å². The summed E-state index contributed by atoms with van der Waals surface area (Å²) >= 11 is 0. The Kier molecular flexibility index (Phi) is 6.19. The maximum Gasteiger partial charge on any atom is 0.407 e. The standard InChI is InChI=1S/C28H36N2O4/c1-28(2)13-10-19-16-20(25-22(32-3)6-5-7-23(25)33-4)8-9-21(19)26(28)29-27(31)34-24-17-30-14-11-18(24)12-15-30/h5-9,16,18,24,26H,10-15,17H2,1-4H3,(H,29,31)/t24-,26?/m0/s1. The topological polar surface area (TPSA) is 60.0 Å². The third-order valence-electron chi connectivity index (χ3n) is 8.11. The smallest absolute Gasteiger partial charge is 0.407 e. The van der Waals surface area contributed by atoms with Crippen LogP contribution in [-0.2, 0) is 11.2 Å². The Morgan fingerprint density at radius 1 is 1.06 bits per heavy atom. The molecule has 2 bridgehead atoms. The Balaban J connectivity index is 1.40. The molecule has 3 heterocycles. The molecule has 0 spiro atoms. The predicted molar refractivity (Wildman–Crippen MR) is 132 cm³/mol. The molecule has 1 aliphatic carbocycles. The highest BCUT2D eigenvalue weighted by Gasteiger charge is 2.40. The van der Waals surface area contributed by atoms with Gasteiger partial charge in [0.05, 0.1) is 25.8 Å². The van der Waals surface area contributed by atoms with Gasteiger partial charge >= 0.3 is 6.09 Å². The summed E-state index contributed by atoms with van der Waals surface area (Å²) in [6, 6.07) is 12.2. The van der Waals surface area contributed by atoms with E-state index in [1.165, 1.54) is 11.1 Å². The highest BCUT2D eigenvalue weighted by atomic mass is 16.6. The average molecular weight is 465 g/mol. The van der Waals surface area contributed by atoms with E-state index >= 15 is 0 Å². The fourth-order valence-electron chi connectivity index (χ4n) is 6.02. The second-order valence-electron chi connectivity index (χ2n) is 10.6. The summed E-state index contributed by atoms with van der Waals surface area (Å²) < 4.78 is 17.2. The van der Waals surface area contributed by atoms with Gasteiger partial charge in [-0.05, 0) is 78.9 Å². The largest absolute Gasteiger partial charge is 0.496 e. The van der Waals surface area contributed by atoms with Crippen LogP contribution in [-0.4, -0.2) is 51.0 Å². The molecular weight excluding hydrogens is 428 g/mol. The van der Waals surface area contributed by atoms with E-state index in [0.29, 0.717) is 5.92 Å². The quantitative estimate of drug-likeness (QED) is 0.659. The molecule has 0 radical (unpaired) electrons. The van der Waals surface area contributed by atoms with E-state index in [-0.39, 0.29) is 23.7 Å². The summed E-state index contributed by atoms with van der Waals surface area (Å²) in [5.41, 5.74) is 4.36. The Labute approximate surface area is 202 Å². The number of alkyl carbamates (subject to hydrolysis) is 1. The van der Waals surface area contributed by atoms with Gasteiger partial charge in [0, 0.05) is 6.54 Å². The van der Waals surface area contributed by atoms with Crippen LogP contribution in [0.4, 0.5) is 4.79 Å². The van der Waals surface area contributed by atoms with E-state index in [0.717, 1.165) is 67.9 Å². The molecule has 6 nitrogen and oxygen atoms in total. The molecule has 34 heavy (non-hydrogen) atoms. The summed E-state index contributed by atoms with van der Waals surface area (Å²) in [6.45, 7) is 7.59. The SMILES string of the molecule is COc1cccc(OC)c1-c1ccc2c(c1)CCC(C)(C)C2NC(=O)O[C@H]1CN2CCC1CC2. The Morgan fingerprint density at radius 3 is 2.38 bits per heavy atom. The molecule has 1 unspecified atom stereocenters. The van der Waals surface area contributed by atoms with Crippen LogP contribution in [0.3, 0.4) is 0 Å². The lowest BCUT2D eigenvalue weighted by molar-refractivity contribution is -0.0353. The fourth-order valence-corrected chi connectivity index (χ4v) is 6.02. The number of carbonyl (C=O) groups is 1. The molecule has 1 N–H and O–H groups in total. The zero-order valence-electron chi connectivity index (χ0n) is 20.7. The van der Waals surface area contributed by atoms with Crippen molar-refractivity contribution in [3.05, 3.63) is 47.5 Å². The number of nitrogens with one attached hydrogen (secondary N) is 1. The number of hydrogen-bond donors (Lipinski definition) is 1. The first-order valence-electron chi connectivity index (χ1n) is 12.4. The lowest BCUT2D eigenvalue weighted by Gasteiger charge is -2.44. The normalized spacial score (nSPS) is 26.9. The highest BCUT2D eigenvalue weighted by Crippen LogP contribution is 2.46. The Hall–Kier alpha value is -2.73. The van der Waals surface area contributed by atoms with Crippen LogP contribution in [0.25, 0.3) is 11.1 Å². The predicted octanol–water partition coefficient (Wildman–Crippen LogP) is 5.20. The number of benzene rings is 2. The number of aryl methyl sites for hydroxylation is 1. The van der Waals surface area contributed by atoms with E-state index in [9.17, 15) is 4.79 Å². The van der Waals surface area contributed by atoms with Gasteiger partial charge in [0.2, 0.25) is 0 Å². The van der Waals surface area contributed by atoms with Crippen LogP contribution in [0.5, 0.6) is 11.5 Å². The molecule has 3 aliphatic heterocycles. The molecule has 6 rings (SSSR count). The number of amides is 1. The van der Waals surface area contributed by atoms with Gasteiger partial charge in [-0.2, -0.15) is 0 Å². The molecule has 2 aromatic rings. The van der Waals surface area contributed by atoms with Crippen molar-refractivity contribution in [3.8, 4) is 22.6 Å². The van der Waals surface area contributed by atoms with Crippen molar-refractivity contribution in [2.75, 3.05) is 33.9 Å². The Morgan fingerprint density at radius 2 is 1.76 bits per heavy atom. The third-order valence-corrected chi connectivity index (χ3v) is 8.11. The van der Waals surface area contributed by atoms with Crippen LogP contribution in [0, 0.1) is 11.3 Å². The van der Waals surface area contributed by atoms with Gasteiger partial charge in [-0.25, -0.2) is 4.79 Å². The third kappa shape index (κ3) is 4.24. The minimum atomic E-state index is -0.292. The molecule has 0 aromatic heterocycles. The number of rotatable bonds is 5. The minimum Gasteiger partial charge on any atom is -0.496 e. The number of fused-ring (bicyclic) bond motifs is 4. The molecule has 4 aliphatic rings. The molecule has 0 saturated carbocycles. The van der Waals surface area contributed by atoms with Crippen LogP contribution in [0.2, 0.25) is 0 Å². The summed E-state index contributed by atoms with van der Waals surface area (Å²) in [4.78, 5) is 15.4. The summed E-state index contributed by atoms with van der Waals surface area (Å²) in [6.07, 6.45) is 3.92. The number of methoxy groups -OCH3 is 2. The highest BCUT2D eigenvalue weighted by molar-refractivity contribution is 5.78. The second kappa shape index (κ2) is 9.14. The molecule has 182 valence electrons. The van der Waals surface area contributed by atoms with Gasteiger partial charge in [-0.3, -0.25) is 4.90 Å². The van der Waals surface area contributed by atoms with E-state index in [4.69, 9.17) is 14.2 Å². The number of piperidine rings is 3. The summed E-state index contributed by atoms with van der Waals surface area (Å²) in [7, 11) is 3.36. The van der Waals surface area contributed by atoms with E-state index < -0.39 is 0 Å². The van der Waals surface area contributed by atoms with Gasteiger partial charge in [0.15, 0.2) is 0 Å². The minimum absolute atomic E-state index is 0.00839. The van der Waals surface area contributed by atoms with Crippen LogP contribution < -0.4 is 14.8 Å². The van der Waals surface area contributed by atoms with Gasteiger partial charge in [0.1, 0.15) is 17.6 Å². The number of ether oxygens (including phenoxy) is 3. The van der Waals surface area contributed by atoms with E-state index in [1.54, 1.807) is 14.2 Å². The van der Waals surface area contributed by atoms with Crippen molar-refractivity contribution in [2.45, 2.75) is 51.7 Å². The van der Waals surface area contributed by atoms with Crippen molar-refractivity contribution in [1.29, 1.82) is 0 Å². The zero-order chi connectivity index (χ0) is 23.9. The van der Waals surface area contributed by atoms with Gasteiger partial charge in [-0.15, -0.1) is 0 Å². The number of nitrogens with zero attached hydrogens (tertiary/aromatic N) is 1. The van der Waals surface area contributed by atoms with E-state index in [1.807, 2.05) is 18.2 Å². The van der Waals surface area contributed by atoms with Crippen molar-refractivity contribution >= 4 is 6.09 Å².